The Balaban J connectivity index is 1.99. The van der Waals surface area contributed by atoms with E-state index < -0.39 is 17.5 Å². The standard InChI is InChI=1S/C9H16O4/c10-6-4-2-1-3-5-7-8(11)9(7,12)13/h7,10,12-13H,1-6H2. The second-order valence-electron chi connectivity index (χ2n) is 3.57. The summed E-state index contributed by atoms with van der Waals surface area (Å²) in [5.41, 5.74) is 0. The van der Waals surface area contributed by atoms with Gasteiger partial charge in [-0.3, -0.25) is 4.79 Å². The first kappa shape index (κ1) is 10.6. The van der Waals surface area contributed by atoms with Crippen molar-refractivity contribution in [1.29, 1.82) is 0 Å². The van der Waals surface area contributed by atoms with Crippen LogP contribution in [-0.2, 0) is 4.79 Å². The molecule has 4 nitrogen and oxygen atoms in total. The molecule has 0 aromatic carbocycles. The van der Waals surface area contributed by atoms with Crippen molar-refractivity contribution in [2.24, 2.45) is 5.92 Å². The molecular formula is C9H16O4. The van der Waals surface area contributed by atoms with E-state index in [2.05, 4.69) is 0 Å². The molecule has 0 bridgehead atoms. The highest BCUT2D eigenvalue weighted by Gasteiger charge is 2.62. The molecule has 1 atom stereocenters. The molecule has 1 unspecified atom stereocenters. The molecule has 1 aliphatic rings. The minimum atomic E-state index is -2.02. The van der Waals surface area contributed by atoms with Gasteiger partial charge in [0.25, 0.3) is 0 Å². The summed E-state index contributed by atoms with van der Waals surface area (Å²) in [6.45, 7) is 0.201. The number of carbonyl (C=O) groups is 1. The van der Waals surface area contributed by atoms with Crippen molar-refractivity contribution in [3.8, 4) is 0 Å². The fraction of sp³-hybridized carbons (Fsp3) is 0.889. The number of unbranched alkanes of at least 4 members (excludes halogenated alkanes) is 3. The highest BCUT2D eigenvalue weighted by molar-refractivity contribution is 6.04. The molecule has 1 rings (SSSR count). The van der Waals surface area contributed by atoms with Crippen molar-refractivity contribution < 1.29 is 20.1 Å². The predicted molar refractivity (Wildman–Crippen MR) is 45.8 cm³/mol. The van der Waals surface area contributed by atoms with Crippen LogP contribution in [0.25, 0.3) is 0 Å². The molecule has 13 heavy (non-hydrogen) atoms. The van der Waals surface area contributed by atoms with E-state index in [1.54, 1.807) is 0 Å². The van der Waals surface area contributed by atoms with Gasteiger partial charge in [-0.05, 0) is 12.8 Å². The molecule has 0 aromatic rings. The summed E-state index contributed by atoms with van der Waals surface area (Å²) in [5, 5.41) is 26.3. The number of aliphatic hydroxyl groups excluding tert-OH is 1. The number of hydrogen-bond donors (Lipinski definition) is 3. The third-order valence-electron chi connectivity index (χ3n) is 2.48. The van der Waals surface area contributed by atoms with Crippen LogP contribution in [0.3, 0.4) is 0 Å². The van der Waals surface area contributed by atoms with Crippen LogP contribution in [0.15, 0.2) is 0 Å². The maximum Gasteiger partial charge on any atom is 0.234 e. The Morgan fingerprint density at radius 3 is 2.15 bits per heavy atom. The van der Waals surface area contributed by atoms with Crippen molar-refractivity contribution in [3.63, 3.8) is 0 Å². The van der Waals surface area contributed by atoms with E-state index in [9.17, 15) is 4.79 Å². The molecule has 3 N–H and O–H groups in total. The van der Waals surface area contributed by atoms with Gasteiger partial charge in [-0.2, -0.15) is 0 Å². The van der Waals surface area contributed by atoms with Crippen LogP contribution in [0.1, 0.15) is 32.1 Å². The zero-order valence-corrected chi connectivity index (χ0v) is 7.57. The molecule has 0 aliphatic heterocycles. The van der Waals surface area contributed by atoms with Crippen molar-refractivity contribution in [3.05, 3.63) is 0 Å². The van der Waals surface area contributed by atoms with Gasteiger partial charge >= 0.3 is 0 Å². The monoisotopic (exact) mass is 188 g/mol. The highest BCUT2D eigenvalue weighted by atomic mass is 16.5. The summed E-state index contributed by atoms with van der Waals surface area (Å²) in [6.07, 6.45) is 4.01. The normalized spacial score (nSPS) is 24.8. The Hall–Kier alpha value is -0.450. The maximum atomic E-state index is 10.7. The number of rotatable bonds is 6. The lowest BCUT2D eigenvalue weighted by Gasteiger charge is -1.99. The van der Waals surface area contributed by atoms with Crippen molar-refractivity contribution >= 4 is 5.78 Å². The van der Waals surface area contributed by atoms with Gasteiger partial charge in [-0.15, -0.1) is 0 Å². The molecule has 0 saturated heterocycles. The summed E-state index contributed by atoms with van der Waals surface area (Å²) in [5.74, 6) is -3.02. The fourth-order valence-electron chi connectivity index (χ4n) is 1.48. The SMILES string of the molecule is O=C1C(CCCCCCO)C1(O)O. The second kappa shape index (κ2) is 4.17. The Morgan fingerprint density at radius 2 is 1.69 bits per heavy atom. The Labute approximate surface area is 77.2 Å². The molecule has 0 amide bonds. The van der Waals surface area contributed by atoms with Crippen LogP contribution >= 0.6 is 0 Å². The van der Waals surface area contributed by atoms with E-state index in [0.29, 0.717) is 6.42 Å². The van der Waals surface area contributed by atoms with Gasteiger partial charge in [0, 0.05) is 6.61 Å². The molecular weight excluding hydrogens is 172 g/mol. The van der Waals surface area contributed by atoms with E-state index in [1.807, 2.05) is 0 Å². The number of Topliss-reactive ketones (excluding diaryl/α,β-unsaturated/α-hetero) is 1. The van der Waals surface area contributed by atoms with Gasteiger partial charge in [0.1, 0.15) is 0 Å². The first-order valence-electron chi connectivity index (χ1n) is 4.70. The molecule has 1 fully saturated rings. The average Bonchev–Trinajstić information content (AvgIpc) is 2.54. The van der Waals surface area contributed by atoms with Crippen LogP contribution in [0.4, 0.5) is 0 Å². The first-order chi connectivity index (χ1) is 6.10. The second-order valence-corrected chi connectivity index (χ2v) is 3.57. The summed E-state index contributed by atoms with van der Waals surface area (Å²) in [7, 11) is 0. The third kappa shape index (κ3) is 2.49. The Kier molecular flexibility index (Phi) is 3.41. The van der Waals surface area contributed by atoms with Gasteiger partial charge < -0.3 is 15.3 Å². The molecule has 0 aromatic heterocycles. The van der Waals surface area contributed by atoms with E-state index in [1.165, 1.54) is 0 Å². The quantitative estimate of drug-likeness (QED) is 0.399. The lowest BCUT2D eigenvalue weighted by atomic mass is 10.1. The lowest BCUT2D eigenvalue weighted by molar-refractivity contribution is -0.134. The fourth-order valence-corrected chi connectivity index (χ4v) is 1.48. The van der Waals surface area contributed by atoms with Gasteiger partial charge in [0.05, 0.1) is 5.92 Å². The topological polar surface area (TPSA) is 77.8 Å². The molecule has 0 spiro atoms. The average molecular weight is 188 g/mol. The molecule has 76 valence electrons. The summed E-state index contributed by atoms with van der Waals surface area (Å²) in [6, 6.07) is 0. The number of carbonyl (C=O) groups excluding carboxylic acids is 1. The number of aliphatic hydroxyl groups is 3. The van der Waals surface area contributed by atoms with Gasteiger partial charge in [0.15, 0.2) is 0 Å². The Morgan fingerprint density at radius 1 is 1.15 bits per heavy atom. The van der Waals surface area contributed by atoms with Crippen LogP contribution in [0, 0.1) is 5.92 Å². The summed E-state index contributed by atoms with van der Waals surface area (Å²) in [4.78, 5) is 10.7. The van der Waals surface area contributed by atoms with Crippen molar-refractivity contribution in [2.75, 3.05) is 6.61 Å². The van der Waals surface area contributed by atoms with E-state index in [4.69, 9.17) is 15.3 Å². The first-order valence-corrected chi connectivity index (χ1v) is 4.70. The summed E-state index contributed by atoms with van der Waals surface area (Å²) >= 11 is 0. The third-order valence-corrected chi connectivity index (χ3v) is 2.48. The van der Waals surface area contributed by atoms with Crippen LogP contribution in [0.2, 0.25) is 0 Å². The van der Waals surface area contributed by atoms with Gasteiger partial charge in [-0.25, -0.2) is 0 Å². The molecule has 0 radical (unpaired) electrons. The van der Waals surface area contributed by atoms with Crippen molar-refractivity contribution in [2.45, 2.75) is 37.9 Å². The molecule has 1 saturated carbocycles. The highest BCUT2D eigenvalue weighted by Crippen LogP contribution is 2.39. The minimum Gasteiger partial charge on any atom is -0.396 e. The number of ketones is 1. The zero-order chi connectivity index (χ0) is 9.90. The van der Waals surface area contributed by atoms with Crippen LogP contribution in [0.5, 0.6) is 0 Å². The smallest absolute Gasteiger partial charge is 0.234 e. The maximum absolute atomic E-state index is 10.7. The van der Waals surface area contributed by atoms with Gasteiger partial charge in [0.2, 0.25) is 11.6 Å². The van der Waals surface area contributed by atoms with E-state index in [-0.39, 0.29) is 6.61 Å². The molecule has 0 heterocycles. The van der Waals surface area contributed by atoms with Crippen LogP contribution < -0.4 is 0 Å². The van der Waals surface area contributed by atoms with Gasteiger partial charge in [-0.1, -0.05) is 19.3 Å². The van der Waals surface area contributed by atoms with E-state index >= 15 is 0 Å². The largest absolute Gasteiger partial charge is 0.396 e. The molecule has 4 heteroatoms. The van der Waals surface area contributed by atoms with Crippen molar-refractivity contribution in [1.82, 2.24) is 0 Å². The zero-order valence-electron chi connectivity index (χ0n) is 7.57. The van der Waals surface area contributed by atoms with E-state index in [0.717, 1.165) is 25.7 Å². The van der Waals surface area contributed by atoms with Crippen LogP contribution in [-0.4, -0.2) is 33.5 Å². The minimum absolute atomic E-state index is 0.201. The number of hydrogen-bond acceptors (Lipinski definition) is 4. The predicted octanol–water partition coefficient (Wildman–Crippen LogP) is -0.191. The Bertz CT molecular complexity index is 188. The molecule has 1 aliphatic carbocycles. The lowest BCUT2D eigenvalue weighted by Crippen LogP contribution is -2.10. The summed E-state index contributed by atoms with van der Waals surface area (Å²) < 4.78 is 0.